The van der Waals surface area contributed by atoms with Gasteiger partial charge in [0.05, 0.1) is 19.9 Å². The van der Waals surface area contributed by atoms with Crippen molar-refractivity contribution in [3.63, 3.8) is 0 Å². The van der Waals surface area contributed by atoms with Crippen LogP contribution in [0.3, 0.4) is 0 Å². The summed E-state index contributed by atoms with van der Waals surface area (Å²) in [4.78, 5) is 10.6. The highest BCUT2D eigenvalue weighted by Gasteiger charge is 2.09. The molecular weight excluding hydrogens is 234 g/mol. The molecule has 1 aromatic carbocycles. The Labute approximate surface area is 107 Å². The Morgan fingerprint density at radius 1 is 1.39 bits per heavy atom. The molecule has 0 radical (unpaired) electrons. The molecule has 0 aliphatic carbocycles. The van der Waals surface area contributed by atoms with Crippen molar-refractivity contribution in [2.45, 2.75) is 13.3 Å². The monoisotopic (exact) mass is 253 g/mol. The lowest BCUT2D eigenvalue weighted by Gasteiger charge is -2.15. The number of ether oxygens (including phenoxy) is 2. The van der Waals surface area contributed by atoms with Crippen molar-refractivity contribution in [2.24, 2.45) is 5.92 Å². The summed E-state index contributed by atoms with van der Waals surface area (Å²) < 4.78 is 10.3. The summed E-state index contributed by atoms with van der Waals surface area (Å²) >= 11 is 0. The fraction of sp³-hybridized carbons (Fsp3) is 0.462. The molecule has 0 fully saturated rings. The summed E-state index contributed by atoms with van der Waals surface area (Å²) in [6.45, 7) is 2.46. The van der Waals surface area contributed by atoms with Gasteiger partial charge in [-0.1, -0.05) is 6.92 Å². The number of carboxylic acid groups (broad SMARTS) is 1. The van der Waals surface area contributed by atoms with Gasteiger partial charge >= 0.3 is 5.97 Å². The molecule has 1 unspecified atom stereocenters. The first-order chi connectivity index (χ1) is 8.56. The van der Waals surface area contributed by atoms with Gasteiger partial charge < -0.3 is 19.9 Å². The first-order valence-corrected chi connectivity index (χ1v) is 5.74. The summed E-state index contributed by atoms with van der Waals surface area (Å²) in [5.74, 6) is 0.660. The van der Waals surface area contributed by atoms with Crippen molar-refractivity contribution >= 4 is 11.7 Å². The van der Waals surface area contributed by atoms with Crippen molar-refractivity contribution in [3.05, 3.63) is 18.2 Å². The number of carboxylic acids is 1. The van der Waals surface area contributed by atoms with E-state index in [2.05, 4.69) is 5.32 Å². The van der Waals surface area contributed by atoms with Crippen molar-refractivity contribution in [2.75, 3.05) is 26.1 Å². The fourth-order valence-corrected chi connectivity index (χ4v) is 1.60. The molecule has 1 atom stereocenters. The van der Waals surface area contributed by atoms with Gasteiger partial charge in [0.1, 0.15) is 11.5 Å². The lowest BCUT2D eigenvalue weighted by atomic mass is 10.1. The number of benzene rings is 1. The predicted octanol–water partition coefficient (Wildman–Crippen LogP) is 2.23. The van der Waals surface area contributed by atoms with E-state index in [-0.39, 0.29) is 12.3 Å². The Hall–Kier alpha value is -1.91. The number of carbonyl (C=O) groups is 1. The molecule has 1 rings (SSSR count). The SMILES string of the molecule is COc1ccc(NCC(C)CC(=O)O)c(OC)c1. The van der Waals surface area contributed by atoms with E-state index in [9.17, 15) is 4.79 Å². The van der Waals surface area contributed by atoms with Crippen LogP contribution in [0.15, 0.2) is 18.2 Å². The van der Waals surface area contributed by atoms with Gasteiger partial charge in [-0.15, -0.1) is 0 Å². The fourth-order valence-electron chi connectivity index (χ4n) is 1.60. The lowest BCUT2D eigenvalue weighted by Crippen LogP contribution is -2.15. The van der Waals surface area contributed by atoms with Crippen LogP contribution in [0.2, 0.25) is 0 Å². The number of hydrogen-bond donors (Lipinski definition) is 2. The second-order valence-corrected chi connectivity index (χ2v) is 4.15. The van der Waals surface area contributed by atoms with E-state index in [4.69, 9.17) is 14.6 Å². The first kappa shape index (κ1) is 14.2. The first-order valence-electron chi connectivity index (χ1n) is 5.74. The normalized spacial score (nSPS) is 11.7. The molecular formula is C13H19NO4. The van der Waals surface area contributed by atoms with Crippen LogP contribution in [-0.4, -0.2) is 31.8 Å². The smallest absolute Gasteiger partial charge is 0.303 e. The third kappa shape index (κ3) is 4.16. The highest BCUT2D eigenvalue weighted by molar-refractivity contribution is 5.67. The van der Waals surface area contributed by atoms with Crippen LogP contribution in [0.1, 0.15) is 13.3 Å². The number of methoxy groups -OCH3 is 2. The molecule has 0 saturated carbocycles. The molecule has 1 aromatic rings. The van der Waals surface area contributed by atoms with E-state index in [1.54, 1.807) is 20.3 Å². The standard InChI is InChI=1S/C13H19NO4/c1-9(6-13(15)16)8-14-11-5-4-10(17-2)7-12(11)18-3/h4-5,7,9,14H,6,8H2,1-3H3,(H,15,16). The van der Waals surface area contributed by atoms with Crippen LogP contribution in [0.5, 0.6) is 11.5 Å². The van der Waals surface area contributed by atoms with Crippen LogP contribution < -0.4 is 14.8 Å². The van der Waals surface area contributed by atoms with Gasteiger partial charge in [-0.25, -0.2) is 0 Å². The molecule has 0 heterocycles. The van der Waals surface area contributed by atoms with Crippen molar-refractivity contribution in [1.29, 1.82) is 0 Å². The van der Waals surface area contributed by atoms with E-state index in [0.717, 1.165) is 11.4 Å². The average Bonchev–Trinajstić information content (AvgIpc) is 2.35. The topological polar surface area (TPSA) is 67.8 Å². The summed E-state index contributed by atoms with van der Waals surface area (Å²) in [7, 11) is 3.18. The molecule has 0 aliphatic rings. The average molecular weight is 253 g/mol. The largest absolute Gasteiger partial charge is 0.497 e. The maximum atomic E-state index is 10.6. The number of hydrogen-bond acceptors (Lipinski definition) is 4. The minimum Gasteiger partial charge on any atom is -0.497 e. The van der Waals surface area contributed by atoms with Gasteiger partial charge in [-0.2, -0.15) is 0 Å². The zero-order valence-electron chi connectivity index (χ0n) is 10.9. The van der Waals surface area contributed by atoms with E-state index in [1.165, 1.54) is 0 Å². The van der Waals surface area contributed by atoms with E-state index >= 15 is 0 Å². The lowest BCUT2D eigenvalue weighted by molar-refractivity contribution is -0.137. The molecule has 2 N–H and O–H groups in total. The number of aliphatic carboxylic acids is 1. The van der Waals surface area contributed by atoms with Gasteiger partial charge in [-0.05, 0) is 18.1 Å². The quantitative estimate of drug-likeness (QED) is 0.780. The molecule has 5 heteroatoms. The van der Waals surface area contributed by atoms with Gasteiger partial charge in [0.25, 0.3) is 0 Å². The molecule has 0 spiro atoms. The summed E-state index contributed by atoms with van der Waals surface area (Å²) in [6.07, 6.45) is 0.144. The third-order valence-corrected chi connectivity index (χ3v) is 2.57. The molecule has 0 aromatic heterocycles. The molecule has 0 bridgehead atoms. The summed E-state index contributed by atoms with van der Waals surface area (Å²) in [5, 5.41) is 11.9. The molecule has 100 valence electrons. The van der Waals surface area contributed by atoms with Crippen molar-refractivity contribution in [1.82, 2.24) is 0 Å². The van der Waals surface area contributed by atoms with Crippen LogP contribution in [0, 0.1) is 5.92 Å². The van der Waals surface area contributed by atoms with Gasteiger partial charge in [-0.3, -0.25) is 4.79 Å². The Morgan fingerprint density at radius 2 is 2.11 bits per heavy atom. The highest BCUT2D eigenvalue weighted by Crippen LogP contribution is 2.29. The van der Waals surface area contributed by atoms with Crippen LogP contribution >= 0.6 is 0 Å². The minimum absolute atomic E-state index is 0.0503. The summed E-state index contributed by atoms with van der Waals surface area (Å²) in [6, 6.07) is 5.46. The zero-order valence-corrected chi connectivity index (χ0v) is 10.9. The Balaban J connectivity index is 2.64. The van der Waals surface area contributed by atoms with E-state index in [1.807, 2.05) is 19.1 Å². The van der Waals surface area contributed by atoms with Crippen LogP contribution in [0.4, 0.5) is 5.69 Å². The van der Waals surface area contributed by atoms with E-state index < -0.39 is 5.97 Å². The number of anilines is 1. The third-order valence-electron chi connectivity index (χ3n) is 2.57. The Morgan fingerprint density at radius 3 is 2.67 bits per heavy atom. The highest BCUT2D eigenvalue weighted by atomic mass is 16.5. The molecule has 18 heavy (non-hydrogen) atoms. The molecule has 0 aliphatic heterocycles. The van der Waals surface area contributed by atoms with Crippen molar-refractivity contribution < 1.29 is 19.4 Å². The molecule has 0 amide bonds. The Bertz CT molecular complexity index is 406. The maximum absolute atomic E-state index is 10.6. The van der Waals surface area contributed by atoms with Crippen LogP contribution in [-0.2, 0) is 4.79 Å². The molecule has 5 nitrogen and oxygen atoms in total. The number of nitrogens with one attached hydrogen (secondary N) is 1. The maximum Gasteiger partial charge on any atom is 0.303 e. The van der Waals surface area contributed by atoms with E-state index in [0.29, 0.717) is 12.3 Å². The number of rotatable bonds is 7. The van der Waals surface area contributed by atoms with Crippen molar-refractivity contribution in [3.8, 4) is 11.5 Å². The summed E-state index contributed by atoms with van der Waals surface area (Å²) in [5.41, 5.74) is 0.829. The van der Waals surface area contributed by atoms with Gasteiger partial charge in [0.15, 0.2) is 0 Å². The van der Waals surface area contributed by atoms with Gasteiger partial charge in [0, 0.05) is 19.0 Å². The van der Waals surface area contributed by atoms with Crippen LogP contribution in [0.25, 0.3) is 0 Å². The minimum atomic E-state index is -0.786. The second-order valence-electron chi connectivity index (χ2n) is 4.15. The predicted molar refractivity (Wildman–Crippen MR) is 69.5 cm³/mol. The van der Waals surface area contributed by atoms with Gasteiger partial charge in [0.2, 0.25) is 0 Å². The second kappa shape index (κ2) is 6.74. The zero-order chi connectivity index (χ0) is 13.5. The molecule has 0 saturated heterocycles. The Kier molecular flexibility index (Phi) is 5.30.